The third-order valence-corrected chi connectivity index (χ3v) is 6.61. The molecule has 0 aliphatic heterocycles. The van der Waals surface area contributed by atoms with E-state index < -0.39 is 10.0 Å². The van der Waals surface area contributed by atoms with Gasteiger partial charge in [0.05, 0.1) is 8.81 Å². The fourth-order valence-corrected chi connectivity index (χ4v) is 5.21. The molecule has 0 bridgehead atoms. The van der Waals surface area contributed by atoms with E-state index >= 15 is 0 Å². The van der Waals surface area contributed by atoms with Gasteiger partial charge < -0.3 is 0 Å². The first kappa shape index (κ1) is 15.4. The van der Waals surface area contributed by atoms with Crippen LogP contribution < -0.4 is 4.72 Å². The number of rotatable bonds is 5. The molecule has 0 aromatic carbocycles. The molecule has 1 N–H and O–H groups in total. The lowest BCUT2D eigenvalue weighted by molar-refractivity contribution is 0.483. The molecule has 0 radical (unpaired) electrons. The van der Waals surface area contributed by atoms with Gasteiger partial charge in [0.2, 0.25) is 10.0 Å². The van der Waals surface area contributed by atoms with Crippen molar-refractivity contribution in [3.05, 3.63) is 14.9 Å². The minimum Gasteiger partial charge on any atom is -0.208 e. The number of sulfonamides is 1. The van der Waals surface area contributed by atoms with Gasteiger partial charge in [-0.3, -0.25) is 0 Å². The lowest BCUT2D eigenvalue weighted by Gasteiger charge is -2.15. The van der Waals surface area contributed by atoms with Crippen molar-refractivity contribution in [3.8, 4) is 0 Å². The van der Waals surface area contributed by atoms with Gasteiger partial charge in [0, 0.05) is 6.04 Å². The fraction of sp³-hybridized carbons (Fsp3) is 0.600. The largest absolute Gasteiger partial charge is 0.250 e. The molecule has 0 fully saturated rings. The average molecular weight is 361 g/mol. The van der Waals surface area contributed by atoms with Crippen LogP contribution in [0.15, 0.2) is 14.1 Å². The van der Waals surface area contributed by atoms with Crippen molar-refractivity contribution in [2.24, 2.45) is 5.92 Å². The number of halogens is 2. The molecule has 0 saturated carbocycles. The lowest BCUT2D eigenvalue weighted by Crippen LogP contribution is -2.33. The molecule has 17 heavy (non-hydrogen) atoms. The van der Waals surface area contributed by atoms with E-state index in [0.717, 1.165) is 17.8 Å². The zero-order chi connectivity index (χ0) is 13.2. The van der Waals surface area contributed by atoms with Crippen LogP contribution in [0.3, 0.4) is 0 Å². The van der Waals surface area contributed by atoms with Gasteiger partial charge >= 0.3 is 0 Å². The summed E-state index contributed by atoms with van der Waals surface area (Å²) in [5.74, 6) is 0.450. The summed E-state index contributed by atoms with van der Waals surface area (Å²) in [5, 5.41) is 0.423. The highest BCUT2D eigenvalue weighted by Crippen LogP contribution is 2.34. The van der Waals surface area contributed by atoms with Gasteiger partial charge in [0.1, 0.15) is 4.21 Å². The van der Waals surface area contributed by atoms with Gasteiger partial charge in [-0.05, 0) is 41.3 Å². The van der Waals surface area contributed by atoms with E-state index in [-0.39, 0.29) is 10.3 Å². The average Bonchev–Trinajstić information content (AvgIpc) is 2.44. The van der Waals surface area contributed by atoms with E-state index in [1.54, 1.807) is 0 Å². The quantitative estimate of drug-likeness (QED) is 0.866. The number of hydrogen-bond donors (Lipinski definition) is 1. The van der Waals surface area contributed by atoms with Gasteiger partial charge in [0.15, 0.2) is 0 Å². The fourth-order valence-electron chi connectivity index (χ4n) is 1.54. The molecular weight excluding hydrogens is 346 g/mol. The molecule has 1 heterocycles. The maximum absolute atomic E-state index is 12.0. The Balaban J connectivity index is 2.82. The summed E-state index contributed by atoms with van der Waals surface area (Å²) < 4.78 is 27.5. The highest BCUT2D eigenvalue weighted by molar-refractivity contribution is 9.11. The first-order valence-corrected chi connectivity index (χ1v) is 8.66. The van der Waals surface area contributed by atoms with Crippen molar-refractivity contribution in [1.29, 1.82) is 0 Å². The van der Waals surface area contributed by atoms with Crippen LogP contribution in [0.5, 0.6) is 0 Å². The minimum absolute atomic E-state index is 0.0837. The summed E-state index contributed by atoms with van der Waals surface area (Å²) in [7, 11) is -3.45. The maximum atomic E-state index is 12.0. The lowest BCUT2D eigenvalue weighted by atomic mass is 10.1. The highest BCUT2D eigenvalue weighted by Gasteiger charge is 2.21. The van der Waals surface area contributed by atoms with Crippen molar-refractivity contribution in [1.82, 2.24) is 4.72 Å². The third-order valence-electron chi connectivity index (χ3n) is 2.07. The summed E-state index contributed by atoms with van der Waals surface area (Å²) >= 11 is 10.2. The molecule has 7 heteroatoms. The molecule has 0 saturated heterocycles. The minimum atomic E-state index is -3.45. The number of nitrogens with one attached hydrogen (secondary N) is 1. The molecule has 1 unspecified atom stereocenters. The van der Waals surface area contributed by atoms with Crippen LogP contribution in [0.1, 0.15) is 27.2 Å². The van der Waals surface area contributed by atoms with Crippen molar-refractivity contribution < 1.29 is 8.42 Å². The van der Waals surface area contributed by atoms with E-state index in [1.165, 1.54) is 6.07 Å². The van der Waals surface area contributed by atoms with Crippen molar-refractivity contribution in [2.45, 2.75) is 37.4 Å². The van der Waals surface area contributed by atoms with Crippen LogP contribution in [0.2, 0.25) is 5.02 Å². The SMILES string of the molecule is CC(C)CC(C)NS(=O)(=O)c1cc(Cl)c(Br)s1. The summed E-state index contributed by atoms with van der Waals surface area (Å²) in [6, 6.07) is 1.38. The Bertz CT molecular complexity index is 465. The second-order valence-electron chi connectivity index (χ2n) is 4.34. The Morgan fingerprint density at radius 2 is 2.06 bits per heavy atom. The van der Waals surface area contributed by atoms with Crippen LogP contribution in [0, 0.1) is 5.92 Å². The molecular formula is C10H15BrClNO2S2. The smallest absolute Gasteiger partial charge is 0.208 e. The third kappa shape index (κ3) is 4.52. The molecule has 0 spiro atoms. The molecule has 98 valence electrons. The van der Waals surface area contributed by atoms with Gasteiger partial charge in [-0.1, -0.05) is 25.4 Å². The Morgan fingerprint density at radius 3 is 2.47 bits per heavy atom. The van der Waals surface area contributed by atoms with Crippen LogP contribution >= 0.6 is 38.9 Å². The number of thiophene rings is 1. The van der Waals surface area contributed by atoms with Crippen LogP contribution in [-0.4, -0.2) is 14.5 Å². The normalized spacial score (nSPS) is 14.2. The predicted molar refractivity (Wildman–Crippen MR) is 76.3 cm³/mol. The van der Waals surface area contributed by atoms with Crippen LogP contribution in [-0.2, 0) is 10.0 Å². The topological polar surface area (TPSA) is 46.2 Å². The van der Waals surface area contributed by atoms with Crippen molar-refractivity contribution in [3.63, 3.8) is 0 Å². The van der Waals surface area contributed by atoms with Gasteiger partial charge in [0.25, 0.3) is 0 Å². The molecule has 0 aliphatic carbocycles. The number of hydrogen-bond acceptors (Lipinski definition) is 3. The Hall–Kier alpha value is 0.380. The van der Waals surface area contributed by atoms with Gasteiger partial charge in [-0.15, -0.1) is 11.3 Å². The molecule has 1 atom stereocenters. The monoisotopic (exact) mass is 359 g/mol. The molecule has 1 rings (SSSR count). The van der Waals surface area contributed by atoms with E-state index in [0.29, 0.717) is 14.7 Å². The summed E-state index contributed by atoms with van der Waals surface area (Å²) in [4.78, 5) is 0. The van der Waals surface area contributed by atoms with Crippen LogP contribution in [0.25, 0.3) is 0 Å². The molecule has 0 aliphatic rings. The Labute approximate surface area is 120 Å². The standard InChI is InChI=1S/C10H15BrClNO2S2/c1-6(2)4-7(3)13-17(14,15)9-5-8(12)10(11)16-9/h5-7,13H,4H2,1-3H3. The van der Waals surface area contributed by atoms with E-state index in [2.05, 4.69) is 34.5 Å². The van der Waals surface area contributed by atoms with E-state index in [4.69, 9.17) is 11.6 Å². The summed E-state index contributed by atoms with van der Waals surface area (Å²) in [5.41, 5.74) is 0. The maximum Gasteiger partial charge on any atom is 0.250 e. The van der Waals surface area contributed by atoms with E-state index in [9.17, 15) is 8.42 Å². The molecule has 0 amide bonds. The predicted octanol–water partition coefficient (Wildman–Crippen LogP) is 3.88. The zero-order valence-electron chi connectivity index (χ0n) is 9.83. The first-order chi connectivity index (χ1) is 7.72. The Kier molecular flexibility index (Phi) is 5.46. The molecule has 3 nitrogen and oxygen atoms in total. The highest BCUT2D eigenvalue weighted by atomic mass is 79.9. The first-order valence-electron chi connectivity index (χ1n) is 5.19. The molecule has 1 aromatic heterocycles. The zero-order valence-corrected chi connectivity index (χ0v) is 13.8. The summed E-state index contributed by atoms with van der Waals surface area (Å²) in [6.45, 7) is 5.98. The van der Waals surface area contributed by atoms with Gasteiger partial charge in [-0.25, -0.2) is 13.1 Å². The van der Waals surface area contributed by atoms with Crippen molar-refractivity contribution in [2.75, 3.05) is 0 Å². The second-order valence-corrected chi connectivity index (χ2v) is 9.06. The summed E-state index contributed by atoms with van der Waals surface area (Å²) in [6.07, 6.45) is 0.805. The second kappa shape index (κ2) is 6.02. The van der Waals surface area contributed by atoms with Crippen molar-refractivity contribution >= 4 is 48.9 Å². The van der Waals surface area contributed by atoms with E-state index in [1.807, 2.05) is 6.92 Å². The van der Waals surface area contributed by atoms with Crippen LogP contribution in [0.4, 0.5) is 0 Å². The Morgan fingerprint density at radius 1 is 1.47 bits per heavy atom. The molecule has 1 aromatic rings. The van der Waals surface area contributed by atoms with Gasteiger partial charge in [-0.2, -0.15) is 0 Å².